The van der Waals surface area contributed by atoms with E-state index in [4.69, 9.17) is 27.6 Å². The van der Waals surface area contributed by atoms with Crippen LogP contribution in [0, 0.1) is 0 Å². The van der Waals surface area contributed by atoms with Crippen molar-refractivity contribution < 1.29 is 4.42 Å². The monoisotopic (exact) mass is 334 g/mol. The van der Waals surface area contributed by atoms with E-state index >= 15 is 0 Å². The van der Waals surface area contributed by atoms with Gasteiger partial charge in [0, 0.05) is 21.9 Å². The molecule has 3 rings (SSSR count). The summed E-state index contributed by atoms with van der Waals surface area (Å²) in [6, 6.07) is 10.7. The Bertz CT molecular complexity index is 742. The Labute approximate surface area is 137 Å². The van der Waals surface area contributed by atoms with Crippen molar-refractivity contribution in [3.05, 3.63) is 64.7 Å². The topological polar surface area (TPSA) is 63.0 Å². The number of furan rings is 1. The number of anilines is 3. The Hall–Kier alpha value is -2.24. The highest BCUT2D eigenvalue weighted by atomic mass is 35.5. The number of hydrogen-bond donors (Lipinski definition) is 2. The fourth-order valence-corrected chi connectivity index (χ4v) is 2.39. The summed E-state index contributed by atoms with van der Waals surface area (Å²) in [4.78, 5) is 8.53. The van der Waals surface area contributed by atoms with Crippen molar-refractivity contribution in [1.29, 1.82) is 0 Å². The van der Waals surface area contributed by atoms with Crippen LogP contribution in [-0.2, 0) is 6.54 Å². The number of hydrogen-bond acceptors (Lipinski definition) is 5. The molecule has 112 valence electrons. The van der Waals surface area contributed by atoms with Gasteiger partial charge in [0.1, 0.15) is 11.6 Å². The van der Waals surface area contributed by atoms with Gasteiger partial charge in [-0.25, -0.2) is 4.98 Å². The van der Waals surface area contributed by atoms with Crippen LogP contribution < -0.4 is 10.6 Å². The highest BCUT2D eigenvalue weighted by molar-refractivity contribution is 6.35. The predicted octanol–water partition coefficient (Wildman–Crippen LogP) is 4.73. The Kier molecular flexibility index (Phi) is 4.46. The van der Waals surface area contributed by atoms with Crippen molar-refractivity contribution in [2.45, 2.75) is 6.54 Å². The van der Waals surface area contributed by atoms with Crippen LogP contribution in [0.2, 0.25) is 10.0 Å². The summed E-state index contributed by atoms with van der Waals surface area (Å²) in [5.74, 6) is 1.96. The van der Waals surface area contributed by atoms with E-state index in [1.165, 1.54) is 0 Å². The van der Waals surface area contributed by atoms with Crippen molar-refractivity contribution >= 4 is 40.7 Å². The zero-order valence-electron chi connectivity index (χ0n) is 11.4. The third-order valence-electron chi connectivity index (χ3n) is 2.80. The second-order valence-corrected chi connectivity index (χ2v) is 5.35. The largest absolute Gasteiger partial charge is 0.467 e. The van der Waals surface area contributed by atoms with E-state index in [0.29, 0.717) is 28.4 Å². The second kappa shape index (κ2) is 6.68. The standard InChI is InChI=1S/C15H12Cl2N4O/c16-10-6-11(17)8-12(7-10)20-15-18-4-3-14(21-15)19-9-13-2-1-5-22-13/h1-8H,9H2,(H2,18,19,20,21). The van der Waals surface area contributed by atoms with Crippen LogP contribution >= 0.6 is 23.2 Å². The zero-order chi connectivity index (χ0) is 15.4. The molecular weight excluding hydrogens is 323 g/mol. The first kappa shape index (κ1) is 14.7. The van der Waals surface area contributed by atoms with Gasteiger partial charge in [0.25, 0.3) is 0 Å². The SMILES string of the molecule is Clc1cc(Cl)cc(Nc2nccc(NCc3ccco3)n2)c1. The first-order valence-electron chi connectivity index (χ1n) is 6.51. The molecule has 0 saturated carbocycles. The molecule has 2 N–H and O–H groups in total. The van der Waals surface area contributed by atoms with E-state index < -0.39 is 0 Å². The molecule has 0 saturated heterocycles. The van der Waals surface area contributed by atoms with Crippen molar-refractivity contribution in [2.24, 2.45) is 0 Å². The molecule has 0 fully saturated rings. The fraction of sp³-hybridized carbons (Fsp3) is 0.0667. The third kappa shape index (κ3) is 3.90. The average Bonchev–Trinajstić information content (AvgIpc) is 2.98. The molecule has 0 unspecified atom stereocenters. The molecular formula is C15H12Cl2N4O. The number of halogens is 2. The molecule has 0 aliphatic rings. The fourth-order valence-electron chi connectivity index (χ4n) is 1.86. The van der Waals surface area contributed by atoms with Gasteiger partial charge in [-0.15, -0.1) is 0 Å². The number of rotatable bonds is 5. The van der Waals surface area contributed by atoms with Gasteiger partial charge in [0.15, 0.2) is 0 Å². The maximum absolute atomic E-state index is 5.97. The van der Waals surface area contributed by atoms with Crippen LogP contribution in [0.4, 0.5) is 17.5 Å². The molecule has 0 bridgehead atoms. The lowest BCUT2D eigenvalue weighted by atomic mass is 10.3. The van der Waals surface area contributed by atoms with Gasteiger partial charge in [-0.3, -0.25) is 0 Å². The number of nitrogens with one attached hydrogen (secondary N) is 2. The summed E-state index contributed by atoms with van der Waals surface area (Å²) in [7, 11) is 0. The summed E-state index contributed by atoms with van der Waals surface area (Å²) < 4.78 is 5.26. The minimum absolute atomic E-state index is 0.447. The van der Waals surface area contributed by atoms with Crippen LogP contribution in [0.3, 0.4) is 0 Å². The second-order valence-electron chi connectivity index (χ2n) is 4.48. The summed E-state index contributed by atoms with van der Waals surface area (Å²) in [6.45, 7) is 0.548. The van der Waals surface area contributed by atoms with Gasteiger partial charge >= 0.3 is 0 Å². The summed E-state index contributed by atoms with van der Waals surface area (Å²) in [5, 5.41) is 7.31. The summed E-state index contributed by atoms with van der Waals surface area (Å²) >= 11 is 11.9. The summed E-state index contributed by atoms with van der Waals surface area (Å²) in [6.07, 6.45) is 3.29. The first-order valence-corrected chi connectivity index (χ1v) is 7.27. The van der Waals surface area contributed by atoms with E-state index in [9.17, 15) is 0 Å². The molecule has 0 aliphatic heterocycles. The molecule has 1 aromatic carbocycles. The van der Waals surface area contributed by atoms with Crippen molar-refractivity contribution in [3.63, 3.8) is 0 Å². The van der Waals surface area contributed by atoms with Gasteiger partial charge in [-0.1, -0.05) is 23.2 Å². The smallest absolute Gasteiger partial charge is 0.229 e. The lowest BCUT2D eigenvalue weighted by Crippen LogP contribution is -2.03. The van der Waals surface area contributed by atoms with Crippen LogP contribution in [0.5, 0.6) is 0 Å². The highest BCUT2D eigenvalue weighted by Gasteiger charge is 2.03. The van der Waals surface area contributed by atoms with Crippen LogP contribution in [0.15, 0.2) is 53.3 Å². The molecule has 2 aromatic heterocycles. The Balaban J connectivity index is 1.70. The van der Waals surface area contributed by atoms with E-state index in [0.717, 1.165) is 11.4 Å². The zero-order valence-corrected chi connectivity index (χ0v) is 12.9. The normalized spacial score (nSPS) is 10.5. The molecule has 7 heteroatoms. The number of aromatic nitrogens is 2. The van der Waals surface area contributed by atoms with E-state index in [1.54, 1.807) is 36.7 Å². The van der Waals surface area contributed by atoms with Gasteiger partial charge in [0.2, 0.25) is 5.95 Å². The molecule has 0 atom stereocenters. The van der Waals surface area contributed by atoms with Gasteiger partial charge < -0.3 is 15.1 Å². The molecule has 5 nitrogen and oxygen atoms in total. The van der Waals surface area contributed by atoms with Gasteiger partial charge in [0.05, 0.1) is 12.8 Å². The van der Waals surface area contributed by atoms with Crippen LogP contribution in [0.1, 0.15) is 5.76 Å². The van der Waals surface area contributed by atoms with Crippen LogP contribution in [0.25, 0.3) is 0 Å². The van der Waals surface area contributed by atoms with Gasteiger partial charge in [-0.2, -0.15) is 4.98 Å². The van der Waals surface area contributed by atoms with E-state index in [2.05, 4.69) is 20.6 Å². The Morgan fingerprint density at radius 2 is 1.91 bits per heavy atom. The summed E-state index contributed by atoms with van der Waals surface area (Å²) in [5.41, 5.74) is 0.723. The predicted molar refractivity (Wildman–Crippen MR) is 87.8 cm³/mol. The molecule has 0 spiro atoms. The van der Waals surface area contributed by atoms with Crippen molar-refractivity contribution in [3.8, 4) is 0 Å². The Morgan fingerprint density at radius 1 is 1.09 bits per heavy atom. The molecule has 3 aromatic rings. The minimum atomic E-state index is 0.447. The Morgan fingerprint density at radius 3 is 2.64 bits per heavy atom. The van der Waals surface area contributed by atoms with Crippen molar-refractivity contribution in [2.75, 3.05) is 10.6 Å². The average molecular weight is 335 g/mol. The molecule has 0 radical (unpaired) electrons. The first-order chi connectivity index (χ1) is 10.7. The maximum Gasteiger partial charge on any atom is 0.229 e. The van der Waals surface area contributed by atoms with Crippen molar-refractivity contribution in [1.82, 2.24) is 9.97 Å². The molecule has 2 heterocycles. The van der Waals surface area contributed by atoms with Gasteiger partial charge in [-0.05, 0) is 36.4 Å². The highest BCUT2D eigenvalue weighted by Crippen LogP contribution is 2.24. The number of benzene rings is 1. The number of nitrogens with zero attached hydrogens (tertiary/aromatic N) is 2. The molecule has 22 heavy (non-hydrogen) atoms. The quantitative estimate of drug-likeness (QED) is 0.706. The van der Waals surface area contributed by atoms with E-state index in [-0.39, 0.29) is 0 Å². The van der Waals surface area contributed by atoms with E-state index in [1.807, 2.05) is 12.1 Å². The maximum atomic E-state index is 5.97. The lowest BCUT2D eigenvalue weighted by molar-refractivity contribution is 0.518. The molecule has 0 amide bonds. The van der Waals surface area contributed by atoms with Crippen LogP contribution in [-0.4, -0.2) is 9.97 Å². The third-order valence-corrected chi connectivity index (χ3v) is 3.23. The molecule has 0 aliphatic carbocycles. The minimum Gasteiger partial charge on any atom is -0.467 e. The lowest BCUT2D eigenvalue weighted by Gasteiger charge is -2.08.